The SMILES string of the molecule is NCC(c1ccc(CO)cc1)C1(O)CCCCC1. The maximum absolute atomic E-state index is 10.8. The summed E-state index contributed by atoms with van der Waals surface area (Å²) < 4.78 is 0. The summed E-state index contributed by atoms with van der Waals surface area (Å²) in [5.41, 5.74) is 7.21. The highest BCUT2D eigenvalue weighted by Gasteiger charge is 2.37. The molecule has 0 heterocycles. The van der Waals surface area contributed by atoms with Crippen molar-refractivity contribution in [3.8, 4) is 0 Å². The zero-order chi connectivity index (χ0) is 13.0. The highest BCUT2D eigenvalue weighted by atomic mass is 16.3. The average Bonchev–Trinajstić information content (AvgIpc) is 2.41. The van der Waals surface area contributed by atoms with E-state index in [1.807, 2.05) is 24.3 Å². The summed E-state index contributed by atoms with van der Waals surface area (Å²) in [5.74, 6) is 0.00513. The smallest absolute Gasteiger partial charge is 0.0728 e. The molecule has 0 radical (unpaired) electrons. The van der Waals surface area contributed by atoms with Crippen LogP contribution in [0.3, 0.4) is 0 Å². The molecule has 1 aromatic rings. The summed E-state index contributed by atoms with van der Waals surface area (Å²) in [7, 11) is 0. The van der Waals surface area contributed by atoms with E-state index >= 15 is 0 Å². The molecule has 1 fully saturated rings. The first-order valence-corrected chi connectivity index (χ1v) is 6.82. The maximum Gasteiger partial charge on any atom is 0.0728 e. The summed E-state index contributed by atoms with van der Waals surface area (Å²) in [4.78, 5) is 0. The van der Waals surface area contributed by atoms with Gasteiger partial charge in [-0.15, -0.1) is 0 Å². The first-order valence-electron chi connectivity index (χ1n) is 6.82. The maximum atomic E-state index is 10.8. The molecule has 1 atom stereocenters. The number of aliphatic hydroxyl groups excluding tert-OH is 1. The molecule has 1 saturated carbocycles. The van der Waals surface area contributed by atoms with Crippen molar-refractivity contribution in [1.82, 2.24) is 0 Å². The van der Waals surface area contributed by atoms with Crippen molar-refractivity contribution in [1.29, 1.82) is 0 Å². The van der Waals surface area contributed by atoms with Crippen LogP contribution >= 0.6 is 0 Å². The zero-order valence-electron chi connectivity index (χ0n) is 10.8. The van der Waals surface area contributed by atoms with Crippen molar-refractivity contribution in [2.45, 2.75) is 50.2 Å². The van der Waals surface area contributed by atoms with Gasteiger partial charge in [0.2, 0.25) is 0 Å². The molecule has 3 heteroatoms. The minimum absolute atomic E-state index is 0.00513. The molecule has 1 aliphatic rings. The number of aliphatic hydroxyl groups is 2. The van der Waals surface area contributed by atoms with E-state index in [1.165, 1.54) is 6.42 Å². The van der Waals surface area contributed by atoms with E-state index in [4.69, 9.17) is 10.8 Å². The predicted octanol–water partition coefficient (Wildman–Crippen LogP) is 1.92. The Morgan fingerprint density at radius 3 is 2.22 bits per heavy atom. The lowest BCUT2D eigenvalue weighted by molar-refractivity contribution is -0.0194. The van der Waals surface area contributed by atoms with E-state index in [2.05, 4.69) is 0 Å². The first-order chi connectivity index (χ1) is 8.69. The van der Waals surface area contributed by atoms with Crippen molar-refractivity contribution in [2.24, 2.45) is 5.73 Å². The van der Waals surface area contributed by atoms with Gasteiger partial charge < -0.3 is 15.9 Å². The second-order valence-corrected chi connectivity index (χ2v) is 5.35. The van der Waals surface area contributed by atoms with Gasteiger partial charge in [-0.3, -0.25) is 0 Å². The molecule has 0 aromatic heterocycles. The fourth-order valence-electron chi connectivity index (χ4n) is 3.03. The van der Waals surface area contributed by atoms with E-state index in [-0.39, 0.29) is 12.5 Å². The molecule has 3 nitrogen and oxygen atoms in total. The number of nitrogens with two attached hydrogens (primary N) is 1. The Labute approximate surface area is 109 Å². The molecule has 0 bridgehead atoms. The molecular formula is C15H23NO2. The Hall–Kier alpha value is -0.900. The highest BCUT2D eigenvalue weighted by Crippen LogP contribution is 2.39. The van der Waals surface area contributed by atoms with E-state index < -0.39 is 5.60 Å². The third kappa shape index (κ3) is 2.74. The molecule has 1 aromatic carbocycles. The number of rotatable bonds is 4. The van der Waals surface area contributed by atoms with Crippen LogP contribution in [-0.4, -0.2) is 22.4 Å². The Balaban J connectivity index is 2.20. The van der Waals surface area contributed by atoms with Gasteiger partial charge in [0.25, 0.3) is 0 Å². The second-order valence-electron chi connectivity index (χ2n) is 5.35. The summed E-state index contributed by atoms with van der Waals surface area (Å²) in [6, 6.07) is 7.78. The number of hydrogen-bond acceptors (Lipinski definition) is 3. The third-order valence-corrected chi connectivity index (χ3v) is 4.17. The van der Waals surface area contributed by atoms with Gasteiger partial charge in [-0.1, -0.05) is 43.5 Å². The lowest BCUT2D eigenvalue weighted by Gasteiger charge is -2.39. The van der Waals surface area contributed by atoms with Gasteiger partial charge >= 0.3 is 0 Å². The van der Waals surface area contributed by atoms with Crippen LogP contribution in [0.4, 0.5) is 0 Å². The average molecular weight is 249 g/mol. The van der Waals surface area contributed by atoms with E-state index in [0.717, 1.165) is 36.8 Å². The van der Waals surface area contributed by atoms with Gasteiger partial charge in [-0.25, -0.2) is 0 Å². The predicted molar refractivity (Wildman–Crippen MR) is 72.2 cm³/mol. The van der Waals surface area contributed by atoms with Crippen LogP contribution in [0, 0.1) is 0 Å². The van der Waals surface area contributed by atoms with Crippen LogP contribution in [0.2, 0.25) is 0 Å². The number of hydrogen-bond donors (Lipinski definition) is 3. The van der Waals surface area contributed by atoms with Crippen LogP contribution in [0.1, 0.15) is 49.1 Å². The Kier molecular flexibility index (Phi) is 4.38. The second kappa shape index (κ2) is 5.83. The van der Waals surface area contributed by atoms with Gasteiger partial charge in [0, 0.05) is 12.5 Å². The van der Waals surface area contributed by atoms with Crippen LogP contribution in [0.5, 0.6) is 0 Å². The summed E-state index contributed by atoms with van der Waals surface area (Å²) in [6.07, 6.45) is 5.07. The molecule has 2 rings (SSSR count). The van der Waals surface area contributed by atoms with Crippen LogP contribution in [0.25, 0.3) is 0 Å². The van der Waals surface area contributed by atoms with Crippen LogP contribution in [-0.2, 0) is 6.61 Å². The quantitative estimate of drug-likeness (QED) is 0.763. The van der Waals surface area contributed by atoms with Crippen molar-refractivity contribution in [3.63, 3.8) is 0 Å². The van der Waals surface area contributed by atoms with Crippen molar-refractivity contribution >= 4 is 0 Å². The van der Waals surface area contributed by atoms with E-state index in [1.54, 1.807) is 0 Å². The van der Waals surface area contributed by atoms with Crippen molar-refractivity contribution in [3.05, 3.63) is 35.4 Å². The molecule has 4 N–H and O–H groups in total. The van der Waals surface area contributed by atoms with Crippen LogP contribution in [0.15, 0.2) is 24.3 Å². The van der Waals surface area contributed by atoms with Crippen molar-refractivity contribution in [2.75, 3.05) is 6.54 Å². The van der Waals surface area contributed by atoms with Crippen LogP contribution < -0.4 is 5.73 Å². The Bertz CT molecular complexity index is 369. The summed E-state index contributed by atoms with van der Waals surface area (Å²) in [5, 5.41) is 19.8. The molecule has 1 aliphatic carbocycles. The standard InChI is InChI=1S/C15H23NO2/c16-10-14(15(18)8-2-1-3-9-15)13-6-4-12(11-17)5-7-13/h4-7,14,17-18H,1-3,8-11,16H2. The lowest BCUT2D eigenvalue weighted by atomic mass is 9.73. The van der Waals surface area contributed by atoms with Gasteiger partial charge in [-0.2, -0.15) is 0 Å². The molecule has 0 spiro atoms. The van der Waals surface area contributed by atoms with Gasteiger partial charge in [0.1, 0.15) is 0 Å². The largest absolute Gasteiger partial charge is 0.392 e. The van der Waals surface area contributed by atoms with E-state index in [9.17, 15) is 5.11 Å². The molecule has 1 unspecified atom stereocenters. The lowest BCUT2D eigenvalue weighted by Crippen LogP contribution is -2.41. The normalized spacial score (nSPS) is 20.6. The molecule has 0 amide bonds. The van der Waals surface area contributed by atoms with Gasteiger partial charge in [0.05, 0.1) is 12.2 Å². The Morgan fingerprint density at radius 1 is 1.11 bits per heavy atom. The fourth-order valence-corrected chi connectivity index (χ4v) is 3.03. The highest BCUT2D eigenvalue weighted by molar-refractivity contribution is 5.28. The molecule has 18 heavy (non-hydrogen) atoms. The van der Waals surface area contributed by atoms with Gasteiger partial charge in [-0.05, 0) is 24.0 Å². The fraction of sp³-hybridized carbons (Fsp3) is 0.600. The minimum atomic E-state index is -0.645. The molecule has 100 valence electrons. The van der Waals surface area contributed by atoms with E-state index in [0.29, 0.717) is 6.54 Å². The molecular weight excluding hydrogens is 226 g/mol. The monoisotopic (exact) mass is 249 g/mol. The Morgan fingerprint density at radius 2 is 1.72 bits per heavy atom. The zero-order valence-corrected chi connectivity index (χ0v) is 10.8. The van der Waals surface area contributed by atoms with Gasteiger partial charge in [0.15, 0.2) is 0 Å². The third-order valence-electron chi connectivity index (χ3n) is 4.17. The summed E-state index contributed by atoms with van der Waals surface area (Å²) >= 11 is 0. The molecule has 0 saturated heterocycles. The minimum Gasteiger partial charge on any atom is -0.392 e. The number of benzene rings is 1. The summed E-state index contributed by atoms with van der Waals surface area (Å²) in [6.45, 7) is 0.521. The molecule has 0 aliphatic heterocycles. The van der Waals surface area contributed by atoms with Crippen molar-refractivity contribution < 1.29 is 10.2 Å². The first kappa shape index (κ1) is 13.5. The topological polar surface area (TPSA) is 66.5 Å².